The number of hydrogen-bond donors (Lipinski definition) is 2. The maximum atomic E-state index is 11.0. The highest BCUT2D eigenvalue weighted by molar-refractivity contribution is 6.33. The molecule has 0 amide bonds. The Bertz CT molecular complexity index is 657. The lowest BCUT2D eigenvalue weighted by molar-refractivity contribution is 0.0831. The van der Waals surface area contributed by atoms with E-state index in [9.17, 15) is 5.11 Å². The molecule has 1 atom stereocenters. The third-order valence-corrected chi connectivity index (χ3v) is 4.27. The topological polar surface area (TPSA) is 46.2 Å². The smallest absolute Gasteiger partial charge is 0.117 e. The molecule has 1 unspecified atom stereocenters. The number of aliphatic hydroxyl groups is 1. The standard InChI is InChI=1S/C15H13Cl2NO/c16-10-1-4-14(17)13(8-10)15(19)6-5-9-7-11(18)2-3-12(9)15/h1-4,7-8,19H,5-6,18H2. The number of fused-ring (bicyclic) bond motifs is 1. The molecule has 0 aliphatic heterocycles. The largest absolute Gasteiger partial charge is 0.399 e. The normalized spacial score (nSPS) is 21.4. The summed E-state index contributed by atoms with van der Waals surface area (Å²) >= 11 is 12.2. The monoisotopic (exact) mass is 293 g/mol. The molecule has 98 valence electrons. The van der Waals surface area contributed by atoms with Crippen molar-refractivity contribution in [1.82, 2.24) is 0 Å². The van der Waals surface area contributed by atoms with Crippen LogP contribution in [0, 0.1) is 0 Å². The summed E-state index contributed by atoms with van der Waals surface area (Å²) in [7, 11) is 0. The van der Waals surface area contributed by atoms with Gasteiger partial charge in [0.05, 0.1) is 0 Å². The number of halogens is 2. The molecular formula is C15H13Cl2NO. The molecule has 3 rings (SSSR count). The average Bonchev–Trinajstić information content (AvgIpc) is 2.70. The Labute approximate surface area is 121 Å². The van der Waals surface area contributed by atoms with E-state index in [2.05, 4.69) is 0 Å². The van der Waals surface area contributed by atoms with E-state index in [0.29, 0.717) is 27.7 Å². The van der Waals surface area contributed by atoms with E-state index in [0.717, 1.165) is 17.5 Å². The van der Waals surface area contributed by atoms with Crippen LogP contribution in [0.4, 0.5) is 5.69 Å². The predicted octanol–water partition coefficient (Wildman–Crippen LogP) is 3.76. The third-order valence-electron chi connectivity index (χ3n) is 3.70. The molecule has 0 bridgehead atoms. The summed E-state index contributed by atoms with van der Waals surface area (Å²) in [6.07, 6.45) is 1.37. The summed E-state index contributed by atoms with van der Waals surface area (Å²) in [4.78, 5) is 0. The fourth-order valence-electron chi connectivity index (χ4n) is 2.77. The number of aryl methyl sites for hydroxylation is 1. The van der Waals surface area contributed by atoms with Crippen molar-refractivity contribution < 1.29 is 5.11 Å². The number of anilines is 1. The molecule has 1 aliphatic rings. The second kappa shape index (κ2) is 4.41. The molecule has 0 aromatic heterocycles. The van der Waals surface area contributed by atoms with E-state index in [1.54, 1.807) is 24.3 Å². The van der Waals surface area contributed by atoms with Gasteiger partial charge in [0.1, 0.15) is 5.60 Å². The molecule has 2 aromatic carbocycles. The van der Waals surface area contributed by atoms with Crippen LogP contribution >= 0.6 is 23.2 Å². The summed E-state index contributed by atoms with van der Waals surface area (Å²) in [5.41, 5.74) is 8.01. The zero-order chi connectivity index (χ0) is 13.6. The fourth-order valence-corrected chi connectivity index (χ4v) is 3.21. The maximum absolute atomic E-state index is 11.0. The lowest BCUT2D eigenvalue weighted by atomic mass is 9.88. The highest BCUT2D eigenvalue weighted by atomic mass is 35.5. The number of hydrogen-bond acceptors (Lipinski definition) is 2. The second-order valence-corrected chi connectivity index (χ2v) is 5.74. The van der Waals surface area contributed by atoms with Gasteiger partial charge < -0.3 is 10.8 Å². The van der Waals surface area contributed by atoms with E-state index in [4.69, 9.17) is 28.9 Å². The van der Waals surface area contributed by atoms with Gasteiger partial charge in [-0.3, -0.25) is 0 Å². The van der Waals surface area contributed by atoms with Crippen LogP contribution in [0.5, 0.6) is 0 Å². The SMILES string of the molecule is Nc1ccc2c(c1)CCC2(O)c1cc(Cl)ccc1Cl. The molecule has 2 nitrogen and oxygen atoms in total. The summed E-state index contributed by atoms with van der Waals surface area (Å²) in [6.45, 7) is 0. The quantitative estimate of drug-likeness (QED) is 0.787. The summed E-state index contributed by atoms with van der Waals surface area (Å²) in [6, 6.07) is 10.7. The van der Waals surface area contributed by atoms with Gasteiger partial charge in [0, 0.05) is 21.3 Å². The molecule has 4 heteroatoms. The van der Waals surface area contributed by atoms with Crippen LogP contribution in [0.1, 0.15) is 23.1 Å². The van der Waals surface area contributed by atoms with Gasteiger partial charge in [-0.05, 0) is 54.3 Å². The highest BCUT2D eigenvalue weighted by Gasteiger charge is 2.39. The van der Waals surface area contributed by atoms with Crippen LogP contribution in [0.25, 0.3) is 0 Å². The van der Waals surface area contributed by atoms with Gasteiger partial charge in [0.2, 0.25) is 0 Å². The van der Waals surface area contributed by atoms with Gasteiger partial charge in [-0.15, -0.1) is 0 Å². The van der Waals surface area contributed by atoms with Crippen LogP contribution in [0.3, 0.4) is 0 Å². The lowest BCUT2D eigenvalue weighted by Gasteiger charge is -2.26. The second-order valence-electron chi connectivity index (χ2n) is 4.90. The Morgan fingerprint density at radius 2 is 1.84 bits per heavy atom. The van der Waals surface area contributed by atoms with Gasteiger partial charge >= 0.3 is 0 Å². The van der Waals surface area contributed by atoms with E-state index in [1.807, 2.05) is 12.1 Å². The average molecular weight is 294 g/mol. The van der Waals surface area contributed by atoms with Gasteiger partial charge in [-0.2, -0.15) is 0 Å². The fraction of sp³-hybridized carbons (Fsp3) is 0.200. The first kappa shape index (κ1) is 12.8. The summed E-state index contributed by atoms with van der Waals surface area (Å²) < 4.78 is 0. The first-order valence-corrected chi connectivity index (χ1v) is 6.83. The van der Waals surface area contributed by atoms with Gasteiger partial charge in [-0.25, -0.2) is 0 Å². The molecular weight excluding hydrogens is 281 g/mol. The Morgan fingerprint density at radius 1 is 1.05 bits per heavy atom. The minimum Gasteiger partial charge on any atom is -0.399 e. The van der Waals surface area contributed by atoms with Crippen molar-refractivity contribution in [1.29, 1.82) is 0 Å². The first-order valence-electron chi connectivity index (χ1n) is 6.07. The summed E-state index contributed by atoms with van der Waals surface area (Å²) in [5.74, 6) is 0. The van der Waals surface area contributed by atoms with Crippen LogP contribution in [0.15, 0.2) is 36.4 Å². The van der Waals surface area contributed by atoms with E-state index >= 15 is 0 Å². The minimum absolute atomic E-state index is 0.525. The number of nitrogen functional groups attached to an aromatic ring is 1. The van der Waals surface area contributed by atoms with Crippen molar-refractivity contribution in [2.24, 2.45) is 0 Å². The first-order chi connectivity index (χ1) is 9.00. The van der Waals surface area contributed by atoms with Crippen LogP contribution in [0.2, 0.25) is 10.0 Å². The molecule has 0 fully saturated rings. The Morgan fingerprint density at radius 3 is 2.63 bits per heavy atom. The van der Waals surface area contributed by atoms with Crippen LogP contribution < -0.4 is 5.73 Å². The number of nitrogens with two attached hydrogens (primary N) is 1. The minimum atomic E-state index is -1.08. The van der Waals surface area contributed by atoms with Crippen LogP contribution in [-0.2, 0) is 12.0 Å². The van der Waals surface area contributed by atoms with Gasteiger partial charge in [0.15, 0.2) is 0 Å². The number of rotatable bonds is 1. The predicted molar refractivity (Wildman–Crippen MR) is 78.6 cm³/mol. The van der Waals surface area contributed by atoms with Crippen molar-refractivity contribution >= 4 is 28.9 Å². The molecule has 0 radical (unpaired) electrons. The van der Waals surface area contributed by atoms with E-state index in [-0.39, 0.29) is 0 Å². The van der Waals surface area contributed by atoms with Crippen molar-refractivity contribution in [3.05, 3.63) is 63.1 Å². The molecule has 0 saturated carbocycles. The molecule has 19 heavy (non-hydrogen) atoms. The Hall–Kier alpha value is -1.22. The van der Waals surface area contributed by atoms with Crippen molar-refractivity contribution in [2.45, 2.75) is 18.4 Å². The van der Waals surface area contributed by atoms with Crippen molar-refractivity contribution in [3.8, 4) is 0 Å². The zero-order valence-electron chi connectivity index (χ0n) is 10.2. The molecule has 2 aromatic rings. The van der Waals surface area contributed by atoms with E-state index in [1.165, 1.54) is 0 Å². The molecule has 0 saturated heterocycles. The van der Waals surface area contributed by atoms with Crippen LogP contribution in [-0.4, -0.2) is 5.11 Å². The van der Waals surface area contributed by atoms with Crippen molar-refractivity contribution in [2.75, 3.05) is 5.73 Å². The zero-order valence-corrected chi connectivity index (χ0v) is 11.7. The molecule has 0 spiro atoms. The highest BCUT2D eigenvalue weighted by Crippen LogP contribution is 2.45. The summed E-state index contributed by atoms with van der Waals surface area (Å²) in [5, 5.41) is 12.1. The molecule has 0 heterocycles. The maximum Gasteiger partial charge on any atom is 0.117 e. The Kier molecular flexibility index (Phi) is 2.97. The molecule has 3 N–H and O–H groups in total. The van der Waals surface area contributed by atoms with Gasteiger partial charge in [-0.1, -0.05) is 29.3 Å². The lowest BCUT2D eigenvalue weighted by Crippen LogP contribution is -2.24. The third kappa shape index (κ3) is 2.00. The van der Waals surface area contributed by atoms with Gasteiger partial charge in [0.25, 0.3) is 0 Å². The van der Waals surface area contributed by atoms with E-state index < -0.39 is 5.60 Å². The number of benzene rings is 2. The van der Waals surface area contributed by atoms with Crippen molar-refractivity contribution in [3.63, 3.8) is 0 Å². The Balaban J connectivity index is 2.19. The molecule has 1 aliphatic carbocycles.